The number of nitrogens with one attached hydrogen (secondary N) is 1. The Balaban J connectivity index is 2.04. The third-order valence-corrected chi connectivity index (χ3v) is 2.87. The molecule has 122 valence electrons. The number of rotatable bonds is 6. The molecule has 1 heterocycles. The quantitative estimate of drug-likeness (QED) is 0.782. The van der Waals surface area contributed by atoms with Crippen LogP contribution in [-0.2, 0) is 16.1 Å². The van der Waals surface area contributed by atoms with Gasteiger partial charge in [-0.25, -0.2) is 9.48 Å². The van der Waals surface area contributed by atoms with E-state index in [0.29, 0.717) is 17.2 Å². The molecule has 0 fully saturated rings. The molecule has 1 aromatic carbocycles. The Kier molecular flexibility index (Phi) is 5.13. The number of benzene rings is 1. The van der Waals surface area contributed by atoms with E-state index >= 15 is 0 Å². The second-order valence-corrected chi connectivity index (χ2v) is 4.44. The summed E-state index contributed by atoms with van der Waals surface area (Å²) in [5, 5.41) is 10.00. The SMILES string of the molecule is COC(=O)c1cn(CC(=O)Nc2cc(OC)cc(OC)c2)nn1. The van der Waals surface area contributed by atoms with Gasteiger partial charge in [0.25, 0.3) is 0 Å². The van der Waals surface area contributed by atoms with Crippen molar-refractivity contribution in [3.8, 4) is 11.5 Å². The fourth-order valence-corrected chi connectivity index (χ4v) is 1.80. The van der Waals surface area contributed by atoms with E-state index in [1.165, 1.54) is 32.2 Å². The maximum Gasteiger partial charge on any atom is 0.360 e. The third-order valence-electron chi connectivity index (χ3n) is 2.87. The molecular formula is C14H16N4O5. The van der Waals surface area contributed by atoms with Crippen molar-refractivity contribution in [3.05, 3.63) is 30.1 Å². The second kappa shape index (κ2) is 7.25. The van der Waals surface area contributed by atoms with Crippen LogP contribution in [0.4, 0.5) is 5.69 Å². The Hall–Kier alpha value is -3.10. The van der Waals surface area contributed by atoms with Crippen LogP contribution >= 0.6 is 0 Å². The lowest BCUT2D eigenvalue weighted by Crippen LogP contribution is -2.19. The number of esters is 1. The van der Waals surface area contributed by atoms with Gasteiger partial charge in [0.2, 0.25) is 5.91 Å². The van der Waals surface area contributed by atoms with Crippen LogP contribution in [0.25, 0.3) is 0 Å². The summed E-state index contributed by atoms with van der Waals surface area (Å²) in [6.45, 7) is -0.108. The van der Waals surface area contributed by atoms with Gasteiger partial charge >= 0.3 is 5.97 Å². The molecule has 0 aliphatic heterocycles. The summed E-state index contributed by atoms with van der Waals surface area (Å²) < 4.78 is 16.0. The third kappa shape index (κ3) is 4.19. The fourth-order valence-electron chi connectivity index (χ4n) is 1.80. The summed E-state index contributed by atoms with van der Waals surface area (Å²) in [5.41, 5.74) is 0.544. The van der Waals surface area contributed by atoms with Gasteiger partial charge in [0.05, 0.1) is 27.5 Å². The summed E-state index contributed by atoms with van der Waals surface area (Å²) in [4.78, 5) is 23.3. The highest BCUT2D eigenvalue weighted by atomic mass is 16.5. The van der Waals surface area contributed by atoms with Gasteiger partial charge in [-0.3, -0.25) is 4.79 Å². The van der Waals surface area contributed by atoms with Gasteiger partial charge in [0.15, 0.2) is 5.69 Å². The van der Waals surface area contributed by atoms with Crippen molar-refractivity contribution in [1.82, 2.24) is 15.0 Å². The molecule has 1 N–H and O–H groups in total. The second-order valence-electron chi connectivity index (χ2n) is 4.44. The van der Waals surface area contributed by atoms with Crippen LogP contribution in [0.1, 0.15) is 10.5 Å². The van der Waals surface area contributed by atoms with Gasteiger partial charge in [0.1, 0.15) is 18.0 Å². The topological polar surface area (TPSA) is 105 Å². The molecule has 23 heavy (non-hydrogen) atoms. The van der Waals surface area contributed by atoms with Crippen molar-refractivity contribution in [1.29, 1.82) is 0 Å². The van der Waals surface area contributed by atoms with Gasteiger partial charge in [-0.2, -0.15) is 0 Å². The van der Waals surface area contributed by atoms with Gasteiger partial charge < -0.3 is 19.5 Å². The van der Waals surface area contributed by atoms with E-state index < -0.39 is 5.97 Å². The first-order valence-electron chi connectivity index (χ1n) is 6.57. The minimum Gasteiger partial charge on any atom is -0.497 e. The van der Waals surface area contributed by atoms with E-state index in [0.717, 1.165) is 0 Å². The number of carbonyl (C=O) groups excluding carboxylic acids is 2. The average Bonchev–Trinajstić information content (AvgIpc) is 3.01. The fraction of sp³-hybridized carbons (Fsp3) is 0.286. The Morgan fingerprint density at radius 3 is 2.35 bits per heavy atom. The number of hydrogen-bond acceptors (Lipinski definition) is 7. The van der Waals surface area contributed by atoms with Gasteiger partial charge in [-0.15, -0.1) is 5.10 Å². The molecule has 0 bridgehead atoms. The Morgan fingerprint density at radius 1 is 1.13 bits per heavy atom. The van der Waals surface area contributed by atoms with Crippen LogP contribution in [0.15, 0.2) is 24.4 Å². The zero-order chi connectivity index (χ0) is 16.8. The lowest BCUT2D eigenvalue weighted by Gasteiger charge is -2.09. The number of nitrogens with zero attached hydrogens (tertiary/aromatic N) is 3. The average molecular weight is 320 g/mol. The molecule has 0 unspecified atom stereocenters. The van der Waals surface area contributed by atoms with Crippen molar-refractivity contribution >= 4 is 17.6 Å². The van der Waals surface area contributed by atoms with E-state index in [2.05, 4.69) is 20.4 Å². The van der Waals surface area contributed by atoms with Crippen molar-refractivity contribution in [2.45, 2.75) is 6.54 Å². The number of methoxy groups -OCH3 is 3. The molecule has 9 nitrogen and oxygen atoms in total. The van der Waals surface area contributed by atoms with E-state index in [9.17, 15) is 9.59 Å². The van der Waals surface area contributed by atoms with Crippen LogP contribution in [0.5, 0.6) is 11.5 Å². The van der Waals surface area contributed by atoms with Crippen LogP contribution < -0.4 is 14.8 Å². The first kappa shape index (κ1) is 16.3. The Labute approximate surface area is 132 Å². The monoisotopic (exact) mass is 320 g/mol. The first-order valence-corrected chi connectivity index (χ1v) is 6.57. The van der Waals surface area contributed by atoms with Gasteiger partial charge in [-0.05, 0) is 0 Å². The van der Waals surface area contributed by atoms with E-state index in [1.54, 1.807) is 18.2 Å². The minimum atomic E-state index is -0.616. The summed E-state index contributed by atoms with van der Waals surface area (Å²) in [6, 6.07) is 5.00. The van der Waals surface area contributed by atoms with Crippen LogP contribution in [0.2, 0.25) is 0 Å². The Bertz CT molecular complexity index is 691. The minimum absolute atomic E-state index is 0.0309. The zero-order valence-electron chi connectivity index (χ0n) is 12.9. The molecule has 0 spiro atoms. The van der Waals surface area contributed by atoms with E-state index in [1.807, 2.05) is 0 Å². The summed E-state index contributed by atoms with van der Waals surface area (Å²) in [6.07, 6.45) is 1.33. The maximum absolute atomic E-state index is 12.0. The van der Waals surface area contributed by atoms with Crippen LogP contribution in [0, 0.1) is 0 Å². The number of amides is 1. The molecular weight excluding hydrogens is 304 g/mol. The molecule has 1 aromatic heterocycles. The highest BCUT2D eigenvalue weighted by molar-refractivity contribution is 5.91. The lowest BCUT2D eigenvalue weighted by molar-refractivity contribution is -0.116. The molecule has 2 aromatic rings. The highest BCUT2D eigenvalue weighted by Gasteiger charge is 2.13. The predicted molar refractivity (Wildman–Crippen MR) is 79.5 cm³/mol. The molecule has 0 saturated carbocycles. The van der Waals surface area contributed by atoms with Crippen LogP contribution in [-0.4, -0.2) is 48.2 Å². The normalized spacial score (nSPS) is 10.0. The van der Waals surface area contributed by atoms with Gasteiger partial charge in [-0.1, -0.05) is 5.21 Å². The van der Waals surface area contributed by atoms with Crippen molar-refractivity contribution in [2.24, 2.45) is 0 Å². The standard InChI is InChI=1S/C14H16N4O5/c1-21-10-4-9(5-11(6-10)22-2)15-13(19)8-18-7-12(16-17-18)14(20)23-3/h4-7H,8H2,1-3H3,(H,15,19). The maximum atomic E-state index is 12.0. The van der Waals surface area contributed by atoms with Crippen molar-refractivity contribution in [3.63, 3.8) is 0 Å². The largest absolute Gasteiger partial charge is 0.497 e. The zero-order valence-corrected chi connectivity index (χ0v) is 12.9. The molecule has 0 aliphatic rings. The first-order chi connectivity index (χ1) is 11.0. The molecule has 0 atom stereocenters. The van der Waals surface area contributed by atoms with Gasteiger partial charge in [0, 0.05) is 23.9 Å². The Morgan fingerprint density at radius 2 is 1.78 bits per heavy atom. The van der Waals surface area contributed by atoms with Crippen molar-refractivity contribution in [2.75, 3.05) is 26.6 Å². The molecule has 0 saturated heterocycles. The van der Waals surface area contributed by atoms with E-state index in [4.69, 9.17) is 9.47 Å². The number of carbonyl (C=O) groups is 2. The molecule has 1 amide bonds. The van der Waals surface area contributed by atoms with Crippen LogP contribution in [0.3, 0.4) is 0 Å². The summed E-state index contributed by atoms with van der Waals surface area (Å²) in [5.74, 6) is 0.137. The number of anilines is 1. The summed E-state index contributed by atoms with van der Waals surface area (Å²) in [7, 11) is 4.28. The lowest BCUT2D eigenvalue weighted by atomic mass is 10.2. The molecule has 0 radical (unpaired) electrons. The number of aromatic nitrogens is 3. The number of ether oxygens (including phenoxy) is 3. The molecule has 2 rings (SSSR count). The predicted octanol–water partition coefficient (Wildman–Crippen LogP) is 0.721. The van der Waals surface area contributed by atoms with Crippen molar-refractivity contribution < 1.29 is 23.8 Å². The highest BCUT2D eigenvalue weighted by Crippen LogP contribution is 2.25. The van der Waals surface area contributed by atoms with E-state index in [-0.39, 0.29) is 18.1 Å². The number of hydrogen-bond donors (Lipinski definition) is 1. The smallest absolute Gasteiger partial charge is 0.360 e. The molecule has 9 heteroatoms. The summed E-state index contributed by atoms with van der Waals surface area (Å²) >= 11 is 0. The molecule has 0 aliphatic carbocycles.